The largest absolute Gasteiger partial charge is 0.387 e. The number of hydrogen-bond acceptors (Lipinski definition) is 4. The van der Waals surface area contributed by atoms with E-state index in [9.17, 15) is 5.11 Å². The molecule has 2 fully saturated rings. The minimum absolute atomic E-state index is 0.474. The Balaban J connectivity index is 1.86. The van der Waals surface area contributed by atoms with E-state index in [1.807, 2.05) is 0 Å². The molecule has 2 rings (SSSR count). The van der Waals surface area contributed by atoms with E-state index in [1.165, 1.54) is 12.8 Å². The Morgan fingerprint density at radius 3 is 2.87 bits per heavy atom. The van der Waals surface area contributed by atoms with Crippen LogP contribution in [0.3, 0.4) is 0 Å². The summed E-state index contributed by atoms with van der Waals surface area (Å²) in [6, 6.07) is 0.749. The third-order valence-electron chi connectivity index (χ3n) is 3.49. The summed E-state index contributed by atoms with van der Waals surface area (Å²) in [5.41, 5.74) is -0.474. The van der Waals surface area contributed by atoms with Gasteiger partial charge in [0.25, 0.3) is 0 Å². The van der Waals surface area contributed by atoms with Gasteiger partial charge in [0.15, 0.2) is 0 Å². The molecular formula is C11H22N2OS. The molecule has 0 radical (unpaired) electrons. The predicted octanol–water partition coefficient (Wildman–Crippen LogP) is 1.19. The standard InChI is InChI=1S/C11H22N2OS/c1-12(10-4-5-10)8-11(14)6-3-7-13(9-11)15-2/h10,14H,3-9H2,1-2H3. The van der Waals surface area contributed by atoms with E-state index in [2.05, 4.69) is 22.5 Å². The van der Waals surface area contributed by atoms with Crippen LogP contribution in [0, 0.1) is 0 Å². The van der Waals surface area contributed by atoms with Gasteiger partial charge in [-0.05, 0) is 39.0 Å². The molecule has 1 unspecified atom stereocenters. The smallest absolute Gasteiger partial charge is 0.0910 e. The maximum Gasteiger partial charge on any atom is 0.0910 e. The molecule has 4 heteroatoms. The summed E-state index contributed by atoms with van der Waals surface area (Å²) in [4.78, 5) is 2.34. The van der Waals surface area contributed by atoms with Crippen molar-refractivity contribution >= 4 is 11.9 Å². The fourth-order valence-corrected chi connectivity index (χ4v) is 3.15. The lowest BCUT2D eigenvalue weighted by atomic mass is 9.93. The molecular weight excluding hydrogens is 208 g/mol. The second kappa shape index (κ2) is 4.62. The van der Waals surface area contributed by atoms with Gasteiger partial charge in [-0.2, -0.15) is 0 Å². The van der Waals surface area contributed by atoms with Crippen LogP contribution in [-0.4, -0.2) is 58.9 Å². The van der Waals surface area contributed by atoms with Gasteiger partial charge in [0.2, 0.25) is 0 Å². The molecule has 0 spiro atoms. The van der Waals surface area contributed by atoms with Gasteiger partial charge in [-0.3, -0.25) is 0 Å². The van der Waals surface area contributed by atoms with Crippen molar-refractivity contribution in [2.45, 2.75) is 37.3 Å². The number of likely N-dealkylation sites (N-methyl/N-ethyl adjacent to an activating group) is 1. The molecule has 1 atom stereocenters. The normalized spacial score (nSPS) is 33.6. The van der Waals surface area contributed by atoms with Crippen molar-refractivity contribution in [2.75, 3.05) is 32.9 Å². The molecule has 3 nitrogen and oxygen atoms in total. The van der Waals surface area contributed by atoms with Crippen LogP contribution < -0.4 is 0 Å². The van der Waals surface area contributed by atoms with Crippen molar-refractivity contribution in [1.82, 2.24) is 9.21 Å². The first-order valence-corrected chi connectivity index (χ1v) is 7.03. The van der Waals surface area contributed by atoms with Crippen LogP contribution in [0.25, 0.3) is 0 Å². The number of nitrogens with zero attached hydrogens (tertiary/aromatic N) is 2. The van der Waals surface area contributed by atoms with Crippen molar-refractivity contribution in [3.8, 4) is 0 Å². The molecule has 1 aliphatic heterocycles. The van der Waals surface area contributed by atoms with Crippen molar-refractivity contribution in [3.63, 3.8) is 0 Å². The fraction of sp³-hybridized carbons (Fsp3) is 1.00. The third-order valence-corrected chi connectivity index (χ3v) is 4.32. The van der Waals surface area contributed by atoms with Crippen LogP contribution in [0.2, 0.25) is 0 Å². The van der Waals surface area contributed by atoms with E-state index >= 15 is 0 Å². The monoisotopic (exact) mass is 230 g/mol. The van der Waals surface area contributed by atoms with Crippen LogP contribution >= 0.6 is 11.9 Å². The lowest BCUT2D eigenvalue weighted by Gasteiger charge is -2.40. The zero-order chi connectivity index (χ0) is 10.9. The molecule has 0 aromatic heterocycles. The number of rotatable bonds is 4. The molecule has 15 heavy (non-hydrogen) atoms. The average Bonchev–Trinajstić information content (AvgIpc) is 3.00. The third kappa shape index (κ3) is 3.09. The molecule has 0 amide bonds. The van der Waals surface area contributed by atoms with E-state index in [1.54, 1.807) is 11.9 Å². The lowest BCUT2D eigenvalue weighted by molar-refractivity contribution is -0.0293. The van der Waals surface area contributed by atoms with Gasteiger partial charge in [0.05, 0.1) is 5.60 Å². The maximum atomic E-state index is 10.5. The van der Waals surface area contributed by atoms with Crippen molar-refractivity contribution in [1.29, 1.82) is 0 Å². The highest BCUT2D eigenvalue weighted by atomic mass is 32.2. The van der Waals surface area contributed by atoms with Crippen LogP contribution in [0.15, 0.2) is 0 Å². The molecule has 0 bridgehead atoms. The van der Waals surface area contributed by atoms with E-state index < -0.39 is 5.60 Å². The number of piperidine rings is 1. The Hall–Kier alpha value is 0.230. The number of β-amino-alcohol motifs (C(OH)–C–C–N with tert-alkyl or cyclic N) is 1. The van der Waals surface area contributed by atoms with Gasteiger partial charge in [-0.25, -0.2) is 4.31 Å². The Morgan fingerprint density at radius 1 is 1.53 bits per heavy atom. The highest BCUT2D eigenvalue weighted by molar-refractivity contribution is 7.96. The summed E-state index contributed by atoms with van der Waals surface area (Å²) in [6.07, 6.45) is 6.81. The van der Waals surface area contributed by atoms with E-state index in [0.29, 0.717) is 0 Å². The van der Waals surface area contributed by atoms with E-state index in [4.69, 9.17) is 0 Å². The Labute approximate surface area is 96.9 Å². The molecule has 1 N–H and O–H groups in total. The average molecular weight is 230 g/mol. The quantitative estimate of drug-likeness (QED) is 0.734. The van der Waals surface area contributed by atoms with Gasteiger partial charge in [0, 0.05) is 25.7 Å². The lowest BCUT2D eigenvalue weighted by Crippen LogP contribution is -2.52. The number of hydrogen-bond donors (Lipinski definition) is 1. The predicted molar refractivity (Wildman–Crippen MR) is 64.9 cm³/mol. The first-order chi connectivity index (χ1) is 7.13. The minimum atomic E-state index is -0.474. The molecule has 88 valence electrons. The molecule has 1 heterocycles. The summed E-state index contributed by atoms with van der Waals surface area (Å²) in [5, 5.41) is 10.5. The van der Waals surface area contributed by atoms with Crippen molar-refractivity contribution in [3.05, 3.63) is 0 Å². The Kier molecular flexibility index (Phi) is 3.60. The molecule has 0 aromatic rings. The van der Waals surface area contributed by atoms with Gasteiger partial charge in [0.1, 0.15) is 0 Å². The highest BCUT2D eigenvalue weighted by Gasteiger charge is 2.37. The van der Waals surface area contributed by atoms with E-state index in [0.717, 1.165) is 38.5 Å². The summed E-state index contributed by atoms with van der Waals surface area (Å²) in [5.74, 6) is 0. The Morgan fingerprint density at radius 2 is 2.27 bits per heavy atom. The molecule has 2 aliphatic rings. The first kappa shape index (κ1) is 11.7. The SMILES string of the molecule is CSN1CCCC(O)(CN(C)C2CC2)C1. The van der Waals surface area contributed by atoms with Gasteiger partial charge in [-0.15, -0.1) is 0 Å². The van der Waals surface area contributed by atoms with Crippen LogP contribution in [0.1, 0.15) is 25.7 Å². The summed E-state index contributed by atoms with van der Waals surface area (Å²) < 4.78 is 2.28. The van der Waals surface area contributed by atoms with Crippen molar-refractivity contribution < 1.29 is 5.11 Å². The van der Waals surface area contributed by atoms with E-state index in [-0.39, 0.29) is 0 Å². The van der Waals surface area contributed by atoms with Crippen LogP contribution in [0.4, 0.5) is 0 Å². The second-order valence-electron chi connectivity index (χ2n) is 5.02. The summed E-state index contributed by atoms with van der Waals surface area (Å²) in [7, 11) is 2.15. The van der Waals surface area contributed by atoms with Gasteiger partial charge >= 0.3 is 0 Å². The van der Waals surface area contributed by atoms with Crippen LogP contribution in [0.5, 0.6) is 0 Å². The molecule has 1 saturated heterocycles. The zero-order valence-corrected chi connectivity index (χ0v) is 10.6. The fourth-order valence-electron chi connectivity index (χ4n) is 2.46. The molecule has 1 aliphatic carbocycles. The minimum Gasteiger partial charge on any atom is -0.387 e. The summed E-state index contributed by atoms with van der Waals surface area (Å²) in [6.45, 7) is 2.79. The van der Waals surface area contributed by atoms with Gasteiger partial charge < -0.3 is 10.0 Å². The molecule has 1 saturated carbocycles. The topological polar surface area (TPSA) is 26.7 Å². The van der Waals surface area contributed by atoms with Crippen molar-refractivity contribution in [2.24, 2.45) is 0 Å². The summed E-state index contributed by atoms with van der Waals surface area (Å²) >= 11 is 1.75. The van der Waals surface area contributed by atoms with Gasteiger partial charge in [-0.1, -0.05) is 11.9 Å². The highest BCUT2D eigenvalue weighted by Crippen LogP contribution is 2.30. The number of aliphatic hydroxyl groups is 1. The zero-order valence-electron chi connectivity index (χ0n) is 9.78. The molecule has 0 aromatic carbocycles. The maximum absolute atomic E-state index is 10.5. The second-order valence-corrected chi connectivity index (χ2v) is 5.90. The van der Waals surface area contributed by atoms with Crippen LogP contribution in [-0.2, 0) is 0 Å². The first-order valence-electron chi connectivity index (χ1n) is 5.85. The Bertz CT molecular complexity index is 223.